The zero-order chi connectivity index (χ0) is 29.0. The fourth-order valence-corrected chi connectivity index (χ4v) is 3.70. The van der Waals surface area contributed by atoms with Gasteiger partial charge in [-0.2, -0.15) is 23.5 Å². The Bertz CT molecular complexity index is 1720. The van der Waals surface area contributed by atoms with E-state index < -0.39 is 28.1 Å². The third-order valence-electron chi connectivity index (χ3n) is 5.58. The Hall–Kier alpha value is -5.82. The van der Waals surface area contributed by atoms with E-state index in [2.05, 4.69) is 9.94 Å². The highest BCUT2D eigenvalue weighted by Gasteiger charge is 2.33. The number of para-hydroxylation sites is 1. The quantitative estimate of drug-likeness (QED) is 0.117. The number of alkyl halides is 3. The SMILES string of the molecule is [C-]#[N+]c1c(/C(C#N)=C/c2ccc(Oc3ccc(C(F)(F)F)cc3[N+](=O)[O-])c(OC)c2)nn(-c2ccccc2)c1N. The number of ether oxygens (including phenoxy) is 2. The first-order valence-electron chi connectivity index (χ1n) is 11.2. The molecule has 0 fully saturated rings. The smallest absolute Gasteiger partial charge is 0.416 e. The summed E-state index contributed by atoms with van der Waals surface area (Å²) in [5.74, 6) is -0.335. The van der Waals surface area contributed by atoms with Crippen LogP contribution in [0.2, 0.25) is 0 Å². The molecule has 13 heteroatoms. The zero-order valence-electron chi connectivity index (χ0n) is 20.5. The van der Waals surface area contributed by atoms with Gasteiger partial charge in [0.25, 0.3) is 5.69 Å². The number of hydrogen-bond acceptors (Lipinski definition) is 7. The first-order chi connectivity index (χ1) is 19.1. The first kappa shape index (κ1) is 27.2. The Labute approximate surface area is 224 Å². The molecule has 0 aliphatic carbocycles. The first-order valence-corrected chi connectivity index (χ1v) is 11.2. The molecule has 0 saturated carbocycles. The summed E-state index contributed by atoms with van der Waals surface area (Å²) in [6, 6.07) is 17.0. The number of halogens is 3. The molecule has 1 aromatic heterocycles. The summed E-state index contributed by atoms with van der Waals surface area (Å²) in [6.45, 7) is 7.55. The maximum absolute atomic E-state index is 13.0. The number of allylic oxidation sites excluding steroid dienone is 1. The molecule has 0 spiro atoms. The monoisotopic (exact) mass is 546 g/mol. The summed E-state index contributed by atoms with van der Waals surface area (Å²) in [5, 5.41) is 25.6. The molecule has 4 rings (SSSR count). The summed E-state index contributed by atoms with van der Waals surface area (Å²) in [5.41, 5.74) is 5.11. The van der Waals surface area contributed by atoms with E-state index in [1.54, 1.807) is 30.3 Å². The molecule has 0 aliphatic rings. The molecule has 4 aromatic rings. The van der Waals surface area contributed by atoms with Gasteiger partial charge in [0.2, 0.25) is 5.75 Å². The summed E-state index contributed by atoms with van der Waals surface area (Å²) >= 11 is 0. The van der Waals surface area contributed by atoms with Gasteiger partial charge < -0.3 is 15.2 Å². The molecular formula is C27H17F3N6O4. The lowest BCUT2D eigenvalue weighted by Crippen LogP contribution is -2.06. The molecule has 10 nitrogen and oxygen atoms in total. The molecule has 0 saturated heterocycles. The summed E-state index contributed by atoms with van der Waals surface area (Å²) < 4.78 is 51.3. The minimum Gasteiger partial charge on any atom is -0.493 e. The fourth-order valence-electron chi connectivity index (χ4n) is 3.70. The van der Waals surface area contributed by atoms with Crippen LogP contribution in [-0.4, -0.2) is 21.8 Å². The van der Waals surface area contributed by atoms with Crippen molar-refractivity contribution < 1.29 is 27.6 Å². The normalized spacial score (nSPS) is 11.4. The van der Waals surface area contributed by atoms with Crippen molar-refractivity contribution in [2.24, 2.45) is 0 Å². The molecule has 0 radical (unpaired) electrons. The van der Waals surface area contributed by atoms with E-state index in [1.165, 1.54) is 36.1 Å². The van der Waals surface area contributed by atoms with E-state index in [-0.39, 0.29) is 34.3 Å². The van der Waals surface area contributed by atoms with Gasteiger partial charge in [0.05, 0.1) is 35.4 Å². The maximum Gasteiger partial charge on any atom is 0.416 e. The standard InChI is InChI=1S/C27H17F3N6O4/c1-33-25-24(34-35(26(25)32)19-6-4-3-5-7-19)17(15-31)12-16-8-10-22(23(13-16)39-2)40-21-11-9-18(27(28,29)30)14-20(21)36(37)38/h3-14H,32H2,2H3/b17-12+. The van der Waals surface area contributed by atoms with E-state index >= 15 is 0 Å². The highest BCUT2D eigenvalue weighted by atomic mass is 19.4. The third-order valence-corrected chi connectivity index (χ3v) is 5.58. The van der Waals surface area contributed by atoms with Crippen LogP contribution in [0.25, 0.3) is 22.2 Å². The zero-order valence-corrected chi connectivity index (χ0v) is 20.5. The second-order valence-corrected chi connectivity index (χ2v) is 8.06. The van der Waals surface area contributed by atoms with Crippen LogP contribution < -0.4 is 15.2 Å². The van der Waals surface area contributed by atoms with E-state index in [4.69, 9.17) is 21.8 Å². The highest BCUT2D eigenvalue weighted by molar-refractivity contribution is 5.95. The lowest BCUT2D eigenvalue weighted by molar-refractivity contribution is -0.385. The number of hydrogen-bond donors (Lipinski definition) is 1. The van der Waals surface area contributed by atoms with Gasteiger partial charge in [-0.05, 0) is 48.0 Å². The van der Waals surface area contributed by atoms with E-state index in [0.717, 1.165) is 6.07 Å². The number of nitro groups is 1. The molecule has 0 amide bonds. The second-order valence-electron chi connectivity index (χ2n) is 8.06. The minimum absolute atomic E-state index is 0.0153. The average Bonchev–Trinajstić information content (AvgIpc) is 3.28. The van der Waals surface area contributed by atoms with Crippen molar-refractivity contribution in [2.45, 2.75) is 6.18 Å². The molecule has 0 atom stereocenters. The number of nitrogens with two attached hydrogens (primary N) is 1. The number of benzene rings is 3. The van der Waals surface area contributed by atoms with Crippen LogP contribution in [0.1, 0.15) is 16.8 Å². The van der Waals surface area contributed by atoms with Crippen LogP contribution in [-0.2, 0) is 6.18 Å². The van der Waals surface area contributed by atoms with E-state index in [9.17, 15) is 28.5 Å². The molecule has 40 heavy (non-hydrogen) atoms. The number of anilines is 1. The van der Waals surface area contributed by atoms with Gasteiger partial charge >= 0.3 is 11.9 Å². The summed E-state index contributed by atoms with van der Waals surface area (Å²) in [6.07, 6.45) is -3.35. The summed E-state index contributed by atoms with van der Waals surface area (Å²) in [7, 11) is 1.29. The van der Waals surface area contributed by atoms with Crippen LogP contribution in [0.4, 0.5) is 30.4 Å². The van der Waals surface area contributed by atoms with Crippen molar-refractivity contribution in [3.8, 4) is 29.0 Å². The van der Waals surface area contributed by atoms with Gasteiger partial charge in [0.15, 0.2) is 11.5 Å². The Morgan fingerprint density at radius 1 is 1.15 bits per heavy atom. The van der Waals surface area contributed by atoms with Gasteiger partial charge in [-0.15, -0.1) is 0 Å². The van der Waals surface area contributed by atoms with Crippen LogP contribution in [0.3, 0.4) is 0 Å². The van der Waals surface area contributed by atoms with Crippen molar-refractivity contribution >= 4 is 28.8 Å². The van der Waals surface area contributed by atoms with Crippen molar-refractivity contribution in [3.63, 3.8) is 0 Å². The Balaban J connectivity index is 1.72. The van der Waals surface area contributed by atoms with Gasteiger partial charge in [0, 0.05) is 6.07 Å². The molecule has 2 N–H and O–H groups in total. The number of aromatic nitrogens is 2. The average molecular weight is 546 g/mol. The van der Waals surface area contributed by atoms with E-state index in [0.29, 0.717) is 23.4 Å². The largest absolute Gasteiger partial charge is 0.493 e. The van der Waals surface area contributed by atoms with Crippen molar-refractivity contribution in [1.29, 1.82) is 5.26 Å². The van der Waals surface area contributed by atoms with Crippen LogP contribution >= 0.6 is 0 Å². The van der Waals surface area contributed by atoms with Gasteiger partial charge in [-0.3, -0.25) is 10.1 Å². The second kappa shape index (κ2) is 10.9. The number of nitriles is 1. The molecule has 0 aliphatic heterocycles. The Morgan fingerprint density at radius 2 is 1.85 bits per heavy atom. The highest BCUT2D eigenvalue weighted by Crippen LogP contribution is 2.41. The fraction of sp³-hybridized carbons (Fsp3) is 0.0741. The van der Waals surface area contributed by atoms with Crippen LogP contribution in [0.5, 0.6) is 17.2 Å². The van der Waals surface area contributed by atoms with Crippen LogP contribution in [0.15, 0.2) is 66.7 Å². The molecule has 3 aromatic carbocycles. The predicted octanol–water partition coefficient (Wildman–Crippen LogP) is 6.80. The number of rotatable bonds is 7. The lowest BCUT2D eigenvalue weighted by Gasteiger charge is -2.13. The number of methoxy groups -OCH3 is 1. The van der Waals surface area contributed by atoms with Crippen molar-refractivity contribution in [2.75, 3.05) is 12.8 Å². The molecule has 0 unspecified atom stereocenters. The van der Waals surface area contributed by atoms with Gasteiger partial charge in [-0.25, -0.2) is 9.53 Å². The predicted molar refractivity (Wildman–Crippen MR) is 139 cm³/mol. The Morgan fingerprint density at radius 3 is 2.45 bits per heavy atom. The number of nitrogen functional groups attached to an aromatic ring is 1. The van der Waals surface area contributed by atoms with Gasteiger partial charge in [-0.1, -0.05) is 24.3 Å². The van der Waals surface area contributed by atoms with Crippen molar-refractivity contribution in [1.82, 2.24) is 9.78 Å². The lowest BCUT2D eigenvalue weighted by atomic mass is 10.1. The molecule has 200 valence electrons. The minimum atomic E-state index is -4.78. The molecule has 1 heterocycles. The number of nitrogens with zero attached hydrogens (tertiary/aromatic N) is 5. The molecule has 0 bridgehead atoms. The molecular weight excluding hydrogens is 529 g/mol. The van der Waals surface area contributed by atoms with E-state index in [1.807, 2.05) is 6.07 Å². The van der Waals surface area contributed by atoms with Crippen molar-refractivity contribution in [3.05, 3.63) is 105 Å². The number of nitro benzene ring substituents is 1. The van der Waals surface area contributed by atoms with Crippen LogP contribution in [0, 0.1) is 28.0 Å². The summed E-state index contributed by atoms with van der Waals surface area (Å²) in [4.78, 5) is 13.9. The van der Waals surface area contributed by atoms with Gasteiger partial charge in [0.1, 0.15) is 17.6 Å². The Kier molecular flexibility index (Phi) is 7.41. The third kappa shape index (κ3) is 5.39. The maximum atomic E-state index is 13.0. The topological polar surface area (TPSA) is 134 Å².